The Morgan fingerprint density at radius 3 is 1.51 bits per heavy atom. The molecule has 0 bridgehead atoms. The van der Waals surface area contributed by atoms with Crippen LogP contribution in [0.4, 0.5) is 0 Å². The van der Waals surface area contributed by atoms with Crippen LogP contribution in [0.5, 0.6) is 5.75 Å². The van der Waals surface area contributed by atoms with Crippen molar-refractivity contribution in [3.8, 4) is 5.75 Å². The number of ether oxygens (including phenoxy) is 2. The van der Waals surface area contributed by atoms with Gasteiger partial charge in [-0.25, -0.2) is 0 Å². The largest absolute Gasteiger partial charge is 0.462 e. The molecule has 1 aliphatic rings. The second kappa shape index (κ2) is 40.9. The number of fused-ring (bicyclic) bond motifs is 1. The molecule has 0 radical (unpaired) electrons. The molecule has 0 N–H and O–H groups in total. The van der Waals surface area contributed by atoms with Crippen molar-refractivity contribution in [2.75, 3.05) is 18.2 Å². The van der Waals surface area contributed by atoms with E-state index in [1.165, 1.54) is 37.2 Å². The molecular weight excluding hydrogens is 1180 g/mol. The van der Waals surface area contributed by atoms with Gasteiger partial charge in [-0.2, -0.15) is 0 Å². The molecule has 0 saturated heterocycles. The molecule has 8 rings (SSSR count). The molecule has 0 atom stereocenters. The molecule has 1 aliphatic carbocycles. The maximum Gasteiger partial charge on any atom is 0.308 e. The topological polar surface area (TPSA) is 155 Å². The zero-order valence-electron chi connectivity index (χ0n) is 53.4. The molecule has 14 heteroatoms. The zero-order chi connectivity index (χ0) is 66.6. The summed E-state index contributed by atoms with van der Waals surface area (Å²) in [5, 5.41) is 3.05. The summed E-state index contributed by atoms with van der Waals surface area (Å²) in [6.45, 7) is 31.1. The van der Waals surface area contributed by atoms with Gasteiger partial charge in [0.05, 0.1) is 5.41 Å². The van der Waals surface area contributed by atoms with Crippen molar-refractivity contribution in [2.24, 2.45) is 5.41 Å². The van der Waals surface area contributed by atoms with Gasteiger partial charge < -0.3 is 9.47 Å². The van der Waals surface area contributed by atoms with E-state index in [4.69, 9.17) is 27.9 Å². The predicted octanol–water partition coefficient (Wildman–Crippen LogP) is 18.9. The second-order valence-electron chi connectivity index (χ2n) is 21.3. The van der Waals surface area contributed by atoms with Crippen molar-refractivity contribution in [1.82, 2.24) is 0 Å². The van der Waals surface area contributed by atoms with Crippen LogP contribution in [0.3, 0.4) is 0 Å². The van der Waals surface area contributed by atoms with E-state index in [9.17, 15) is 38.4 Å². The Morgan fingerprint density at radius 2 is 1.10 bits per heavy atom. The van der Waals surface area contributed by atoms with Gasteiger partial charge in [0, 0.05) is 69.2 Å². The SMILES string of the molecule is C=CCOC(C)=O.C=CCSc1ccccc1C(C)=O.CC(=O)C(C)(C)CCl.CC(=O)C(C)(C)c1ccc(Cl)cc1.CC(=O)C1(c2ccccc2)CC1.CC(=O)Oc1ccc2ccccc2c1.CC(=O)Sc1ccccc1.CC(=O)c1c(C)cccc1C. The van der Waals surface area contributed by atoms with Gasteiger partial charge in [0.2, 0.25) is 0 Å². The van der Waals surface area contributed by atoms with Gasteiger partial charge in [0.25, 0.3) is 0 Å². The highest BCUT2D eigenvalue weighted by Gasteiger charge is 2.48. The van der Waals surface area contributed by atoms with Crippen LogP contribution in [-0.4, -0.2) is 64.2 Å². The van der Waals surface area contributed by atoms with Crippen molar-refractivity contribution in [2.45, 2.75) is 130 Å². The second-order valence-corrected chi connectivity index (χ2v) is 24.4. The highest BCUT2D eigenvalue weighted by Crippen LogP contribution is 2.48. The van der Waals surface area contributed by atoms with Crippen molar-refractivity contribution < 1.29 is 47.8 Å². The van der Waals surface area contributed by atoms with E-state index < -0.39 is 5.41 Å². The fourth-order valence-electron chi connectivity index (χ4n) is 7.52. The van der Waals surface area contributed by atoms with Gasteiger partial charge in [0.1, 0.15) is 29.7 Å². The minimum Gasteiger partial charge on any atom is -0.462 e. The summed E-state index contributed by atoms with van der Waals surface area (Å²) in [5.41, 5.74) is 5.16. The molecule has 1 fully saturated rings. The molecular formula is C74H86Cl2O10S2. The van der Waals surface area contributed by atoms with Crippen molar-refractivity contribution in [3.05, 3.63) is 234 Å². The summed E-state index contributed by atoms with van der Waals surface area (Å²) in [4.78, 5) is 88.8. The van der Waals surface area contributed by atoms with Gasteiger partial charge in [-0.1, -0.05) is 183 Å². The Morgan fingerprint density at radius 1 is 0.580 bits per heavy atom. The number of Topliss-reactive ketones (excluding diaryl/α,β-unsaturated/α-hetero) is 5. The Balaban J connectivity index is 0.000000507. The summed E-state index contributed by atoms with van der Waals surface area (Å²) < 4.78 is 9.42. The first-order valence-corrected chi connectivity index (χ1v) is 31.1. The molecule has 1 saturated carbocycles. The van der Waals surface area contributed by atoms with Gasteiger partial charge in [-0.3, -0.25) is 38.4 Å². The standard InChI is InChI=1S/C12H10O2.C11H13ClO.C11H12OS.C11H12O.C10H12O.C8H8OS.C6H11ClO.C5H8O2/c1-9(13)14-12-7-6-10-4-2-3-5-11(10)8-12;1-8(13)11(2,3)9-4-6-10(12)7-5-9;1-3-8-13-11-7-5-4-6-10(11)9(2)12;1-9(12)11(7-8-11)10-5-3-2-4-6-10;1-7-5-4-6-8(2)10(7)9(3)11;1-7(9)10-8-5-3-2-4-6-8;1-5(8)6(2,3)4-7;1-3-4-7-5(2)6/h2-8H,1H3;4-7H,1-3H3;3-7H,1,8H2,2H3;2-6H,7-8H2,1H3;4-6H,1-3H3;2-6H,1H3;4H2,1-3H3;3H,1,4H2,2H3. The van der Waals surface area contributed by atoms with Crippen LogP contribution in [-0.2, 0) is 44.3 Å². The number of carbonyl (C=O) groups excluding carboxylic acids is 8. The number of ketones is 5. The maximum absolute atomic E-state index is 11.3. The molecule has 7 aromatic carbocycles. The van der Waals surface area contributed by atoms with E-state index in [1.54, 1.807) is 59.4 Å². The summed E-state index contributed by atoms with van der Waals surface area (Å²) in [6.07, 6.45) is 5.43. The number of hydrogen-bond acceptors (Lipinski definition) is 12. The fraction of sp³-hybridized carbons (Fsp3) is 0.297. The average Bonchev–Trinajstić information content (AvgIpc) is 2.20. The lowest BCUT2D eigenvalue weighted by atomic mass is 9.81. The Kier molecular flexibility index (Phi) is 36.5. The monoisotopic (exact) mass is 1270 g/mol. The Bertz CT molecular complexity index is 3370. The highest BCUT2D eigenvalue weighted by atomic mass is 35.5. The van der Waals surface area contributed by atoms with E-state index in [0.717, 1.165) is 67.0 Å². The zero-order valence-corrected chi connectivity index (χ0v) is 56.6. The lowest BCUT2D eigenvalue weighted by Crippen LogP contribution is -2.26. The van der Waals surface area contributed by atoms with Crippen LogP contribution < -0.4 is 4.74 Å². The van der Waals surface area contributed by atoms with Gasteiger partial charge in [-0.15, -0.1) is 29.9 Å². The van der Waals surface area contributed by atoms with Gasteiger partial charge in [-0.05, 0) is 151 Å². The third-order valence-electron chi connectivity index (χ3n) is 13.3. The molecule has 0 aromatic heterocycles. The van der Waals surface area contributed by atoms with Crippen LogP contribution in [0.1, 0.15) is 139 Å². The molecule has 0 amide bonds. The number of alkyl halides is 1. The predicted molar refractivity (Wildman–Crippen MR) is 367 cm³/mol. The number of benzene rings is 7. The van der Waals surface area contributed by atoms with E-state index >= 15 is 0 Å². The Labute approximate surface area is 541 Å². The number of thioether (sulfide) groups is 2. The summed E-state index contributed by atoms with van der Waals surface area (Å²) >= 11 is 14.1. The quantitative estimate of drug-likeness (QED) is 0.0240. The average molecular weight is 1270 g/mol. The first kappa shape index (κ1) is 78.5. The van der Waals surface area contributed by atoms with Crippen LogP contribution in [0, 0.1) is 19.3 Å². The number of aryl methyl sites for hydroxylation is 2. The van der Waals surface area contributed by atoms with Crippen molar-refractivity contribution >= 4 is 103 Å². The lowest BCUT2D eigenvalue weighted by Gasteiger charge is -2.21. The lowest BCUT2D eigenvalue weighted by molar-refractivity contribution is -0.139. The molecule has 0 heterocycles. The van der Waals surface area contributed by atoms with Crippen LogP contribution in [0.25, 0.3) is 10.8 Å². The van der Waals surface area contributed by atoms with Gasteiger partial charge in [0.15, 0.2) is 16.7 Å². The van der Waals surface area contributed by atoms with Gasteiger partial charge >= 0.3 is 11.9 Å². The third-order valence-corrected chi connectivity index (χ3v) is 16.1. The van der Waals surface area contributed by atoms with E-state index in [-0.39, 0.29) is 51.0 Å². The van der Waals surface area contributed by atoms with Crippen LogP contribution in [0.2, 0.25) is 5.02 Å². The molecule has 7 aromatic rings. The fourth-order valence-corrected chi connectivity index (χ4v) is 9.30. The molecule has 88 heavy (non-hydrogen) atoms. The van der Waals surface area contributed by atoms with E-state index in [0.29, 0.717) is 29.0 Å². The van der Waals surface area contributed by atoms with Crippen molar-refractivity contribution in [1.29, 1.82) is 0 Å². The number of rotatable bonds is 15. The molecule has 0 aliphatic heterocycles. The van der Waals surface area contributed by atoms with Crippen molar-refractivity contribution in [3.63, 3.8) is 0 Å². The first-order chi connectivity index (χ1) is 41.4. The van der Waals surface area contributed by atoms with Crippen LogP contribution >= 0.6 is 46.7 Å². The number of esters is 2. The summed E-state index contributed by atoms with van der Waals surface area (Å²) in [5.74, 6) is 2.17. The summed E-state index contributed by atoms with van der Waals surface area (Å²) in [7, 11) is 0. The molecule has 0 unspecified atom stereocenters. The first-order valence-electron chi connectivity index (χ1n) is 28.4. The summed E-state index contributed by atoms with van der Waals surface area (Å²) in [6, 6.07) is 54.2. The maximum atomic E-state index is 11.3. The Hall–Kier alpha value is -7.48. The molecule has 0 spiro atoms. The third kappa shape index (κ3) is 29.9. The molecule has 468 valence electrons. The number of carbonyl (C=O) groups is 8. The normalized spacial score (nSPS) is 11.2. The number of hydrogen-bond donors (Lipinski definition) is 0. The number of halogens is 2. The smallest absolute Gasteiger partial charge is 0.308 e. The highest BCUT2D eigenvalue weighted by molar-refractivity contribution is 8.13. The van der Waals surface area contributed by atoms with E-state index in [2.05, 4.69) is 30.0 Å². The minimum atomic E-state index is -0.412. The molecule has 10 nitrogen and oxygen atoms in total. The van der Waals surface area contributed by atoms with Crippen LogP contribution in [0.15, 0.2) is 205 Å². The minimum absolute atomic E-state index is 0.0960. The van der Waals surface area contributed by atoms with E-state index in [1.807, 2.05) is 199 Å².